The lowest BCUT2D eigenvalue weighted by Crippen LogP contribution is -2.25. The molecule has 1 saturated carbocycles. The number of nitrogens with one attached hydrogen (secondary N) is 1. The van der Waals surface area contributed by atoms with Crippen LogP contribution in [0.15, 0.2) is 28.7 Å². The van der Waals surface area contributed by atoms with E-state index in [-0.39, 0.29) is 0 Å². The van der Waals surface area contributed by atoms with Crippen LogP contribution in [0.1, 0.15) is 44.4 Å². The van der Waals surface area contributed by atoms with Crippen molar-refractivity contribution in [1.29, 1.82) is 0 Å². The summed E-state index contributed by atoms with van der Waals surface area (Å²) in [6.07, 6.45) is 5.31. The van der Waals surface area contributed by atoms with Crippen LogP contribution in [0, 0.1) is 5.92 Å². The van der Waals surface area contributed by atoms with E-state index in [0.29, 0.717) is 6.04 Å². The molecule has 1 fully saturated rings. The van der Waals surface area contributed by atoms with Gasteiger partial charge in [0.2, 0.25) is 0 Å². The van der Waals surface area contributed by atoms with Gasteiger partial charge < -0.3 is 9.73 Å². The maximum Gasteiger partial charge on any atom is 0.134 e. The first-order chi connectivity index (χ1) is 9.26. The Kier molecular flexibility index (Phi) is 3.81. The molecule has 3 rings (SSSR count). The topological polar surface area (TPSA) is 25.2 Å². The van der Waals surface area contributed by atoms with Gasteiger partial charge >= 0.3 is 0 Å². The number of hydrogen-bond donors (Lipinski definition) is 1. The van der Waals surface area contributed by atoms with Gasteiger partial charge in [-0.1, -0.05) is 37.8 Å². The molecule has 0 amide bonds. The average molecular weight is 278 g/mol. The number of fused-ring (bicyclic) bond motifs is 1. The molecule has 2 nitrogen and oxygen atoms in total. The summed E-state index contributed by atoms with van der Waals surface area (Å²) in [4.78, 5) is 0. The van der Waals surface area contributed by atoms with Crippen molar-refractivity contribution in [2.24, 2.45) is 5.92 Å². The number of halogens is 1. The maximum absolute atomic E-state index is 6.03. The number of rotatable bonds is 5. The summed E-state index contributed by atoms with van der Waals surface area (Å²) in [6.45, 7) is 3.11. The van der Waals surface area contributed by atoms with Crippen LogP contribution < -0.4 is 5.32 Å². The van der Waals surface area contributed by atoms with Crippen LogP contribution in [0.25, 0.3) is 11.0 Å². The zero-order valence-electron chi connectivity index (χ0n) is 11.3. The highest BCUT2D eigenvalue weighted by Gasteiger charge is 2.24. The number of hydrogen-bond acceptors (Lipinski definition) is 2. The fourth-order valence-corrected chi connectivity index (χ4v) is 3.00. The summed E-state index contributed by atoms with van der Waals surface area (Å²) in [5.74, 6) is 1.91. The van der Waals surface area contributed by atoms with Gasteiger partial charge in [-0.2, -0.15) is 0 Å². The normalized spacial score (nSPS) is 17.6. The molecule has 1 aromatic carbocycles. The van der Waals surface area contributed by atoms with E-state index in [0.717, 1.165) is 34.2 Å². The van der Waals surface area contributed by atoms with E-state index in [2.05, 4.69) is 18.3 Å². The predicted octanol–water partition coefficient (Wildman–Crippen LogP) is 4.93. The van der Waals surface area contributed by atoms with Crippen molar-refractivity contribution >= 4 is 22.6 Å². The first-order valence-electron chi connectivity index (χ1n) is 7.18. The van der Waals surface area contributed by atoms with Crippen LogP contribution in [0.3, 0.4) is 0 Å². The van der Waals surface area contributed by atoms with Crippen LogP contribution >= 0.6 is 11.6 Å². The lowest BCUT2D eigenvalue weighted by Gasteiger charge is -2.29. The van der Waals surface area contributed by atoms with Crippen molar-refractivity contribution in [3.63, 3.8) is 0 Å². The smallest absolute Gasteiger partial charge is 0.134 e. The Labute approximate surface area is 119 Å². The average Bonchev–Trinajstić information content (AvgIpc) is 2.74. The molecule has 1 aliphatic rings. The second kappa shape index (κ2) is 5.56. The molecule has 1 aliphatic carbocycles. The van der Waals surface area contributed by atoms with Crippen molar-refractivity contribution in [3.8, 4) is 0 Å². The van der Waals surface area contributed by atoms with Gasteiger partial charge in [0.1, 0.15) is 11.3 Å². The summed E-state index contributed by atoms with van der Waals surface area (Å²) in [5, 5.41) is 5.41. The van der Waals surface area contributed by atoms with Gasteiger partial charge in [-0.25, -0.2) is 0 Å². The first-order valence-corrected chi connectivity index (χ1v) is 7.56. The van der Waals surface area contributed by atoms with Gasteiger partial charge in [0.25, 0.3) is 0 Å². The molecule has 1 heterocycles. The molecule has 2 aromatic rings. The Balaban J connectivity index is 1.85. The van der Waals surface area contributed by atoms with E-state index in [4.69, 9.17) is 16.0 Å². The lowest BCUT2D eigenvalue weighted by atomic mass is 9.80. The van der Waals surface area contributed by atoms with Crippen molar-refractivity contribution in [1.82, 2.24) is 5.32 Å². The summed E-state index contributed by atoms with van der Waals surface area (Å²) in [6, 6.07) is 8.27. The molecule has 1 N–H and O–H groups in total. The molecule has 1 aromatic heterocycles. The molecule has 1 unspecified atom stereocenters. The summed E-state index contributed by atoms with van der Waals surface area (Å²) in [7, 11) is 0. The van der Waals surface area contributed by atoms with Crippen molar-refractivity contribution in [2.45, 2.75) is 38.6 Å². The monoisotopic (exact) mass is 277 g/mol. The molecular formula is C16H20ClNO. The third-order valence-corrected chi connectivity index (χ3v) is 4.32. The highest BCUT2D eigenvalue weighted by atomic mass is 35.5. The van der Waals surface area contributed by atoms with Crippen LogP contribution in [0.2, 0.25) is 5.02 Å². The zero-order chi connectivity index (χ0) is 13.2. The minimum Gasteiger partial charge on any atom is -0.459 e. The van der Waals surface area contributed by atoms with Crippen LogP contribution in [0.4, 0.5) is 0 Å². The molecule has 19 heavy (non-hydrogen) atoms. The van der Waals surface area contributed by atoms with Gasteiger partial charge in [0.05, 0.1) is 6.04 Å². The molecule has 3 heteroatoms. The molecule has 1 atom stereocenters. The summed E-state index contributed by atoms with van der Waals surface area (Å²) < 4.78 is 5.99. The SMILES string of the molecule is CCNC(CC1CCC1)c1cc2cc(Cl)ccc2o1. The van der Waals surface area contributed by atoms with Gasteiger partial charge in [-0.3, -0.25) is 0 Å². The van der Waals surface area contributed by atoms with E-state index in [9.17, 15) is 0 Å². The van der Waals surface area contributed by atoms with Crippen molar-refractivity contribution < 1.29 is 4.42 Å². The lowest BCUT2D eigenvalue weighted by molar-refractivity contribution is 0.249. The minimum absolute atomic E-state index is 0.335. The number of benzene rings is 1. The third-order valence-electron chi connectivity index (χ3n) is 4.09. The number of furan rings is 1. The molecule has 0 spiro atoms. The molecule has 0 radical (unpaired) electrons. The molecule has 0 bridgehead atoms. The van der Waals surface area contributed by atoms with E-state index in [1.165, 1.54) is 25.7 Å². The van der Waals surface area contributed by atoms with Crippen LogP contribution in [0.5, 0.6) is 0 Å². The molecule has 102 valence electrons. The van der Waals surface area contributed by atoms with E-state index in [1.54, 1.807) is 0 Å². The zero-order valence-corrected chi connectivity index (χ0v) is 12.0. The maximum atomic E-state index is 6.03. The summed E-state index contributed by atoms with van der Waals surface area (Å²) in [5.41, 5.74) is 0.927. The van der Waals surface area contributed by atoms with Crippen LogP contribution in [-0.4, -0.2) is 6.54 Å². The second-order valence-electron chi connectivity index (χ2n) is 5.47. The fraction of sp³-hybridized carbons (Fsp3) is 0.500. The van der Waals surface area contributed by atoms with Gasteiger partial charge in [-0.05, 0) is 43.1 Å². The second-order valence-corrected chi connectivity index (χ2v) is 5.91. The van der Waals surface area contributed by atoms with E-state index < -0.39 is 0 Å². The Morgan fingerprint density at radius 3 is 2.89 bits per heavy atom. The van der Waals surface area contributed by atoms with Gasteiger partial charge in [0.15, 0.2) is 0 Å². The Morgan fingerprint density at radius 1 is 1.37 bits per heavy atom. The Hall–Kier alpha value is -0.990. The predicted molar refractivity (Wildman–Crippen MR) is 79.6 cm³/mol. The highest BCUT2D eigenvalue weighted by molar-refractivity contribution is 6.31. The van der Waals surface area contributed by atoms with Crippen molar-refractivity contribution in [3.05, 3.63) is 35.0 Å². The van der Waals surface area contributed by atoms with E-state index >= 15 is 0 Å². The molecular weight excluding hydrogens is 258 g/mol. The third kappa shape index (κ3) is 2.80. The fourth-order valence-electron chi connectivity index (χ4n) is 2.81. The van der Waals surface area contributed by atoms with Gasteiger partial charge in [-0.15, -0.1) is 0 Å². The van der Waals surface area contributed by atoms with Crippen LogP contribution in [-0.2, 0) is 0 Å². The Morgan fingerprint density at radius 2 is 2.21 bits per heavy atom. The quantitative estimate of drug-likeness (QED) is 0.838. The first kappa shape index (κ1) is 13.0. The Bertz CT molecular complexity index is 559. The largest absolute Gasteiger partial charge is 0.459 e. The van der Waals surface area contributed by atoms with Gasteiger partial charge in [0, 0.05) is 10.4 Å². The molecule has 0 aliphatic heterocycles. The molecule has 0 saturated heterocycles. The summed E-state index contributed by atoms with van der Waals surface area (Å²) >= 11 is 6.03. The van der Waals surface area contributed by atoms with E-state index in [1.807, 2.05) is 18.2 Å². The van der Waals surface area contributed by atoms with Crippen molar-refractivity contribution in [2.75, 3.05) is 6.54 Å². The minimum atomic E-state index is 0.335. The highest BCUT2D eigenvalue weighted by Crippen LogP contribution is 2.36. The standard InChI is InChI=1S/C16H20ClNO/c1-2-18-14(8-11-4-3-5-11)16-10-12-9-13(17)6-7-15(12)19-16/h6-7,9-11,14,18H,2-5,8H2,1H3.